The highest BCUT2D eigenvalue weighted by Gasteiger charge is 2.26. The van der Waals surface area contributed by atoms with E-state index in [2.05, 4.69) is 0 Å². The number of sulfone groups is 1. The maximum atomic E-state index is 13.2. The molecule has 1 atom stereocenters. The zero-order valence-electron chi connectivity index (χ0n) is 11.0. The van der Waals surface area contributed by atoms with Crippen molar-refractivity contribution in [3.8, 4) is 0 Å². The fraction of sp³-hybridized carbons (Fsp3) is 0.333. The smallest absolute Gasteiger partial charge is 0.327 e. The third kappa shape index (κ3) is 5.68. The van der Waals surface area contributed by atoms with Crippen molar-refractivity contribution in [3.05, 3.63) is 34.6 Å². The lowest BCUT2D eigenvalue weighted by atomic mass is 10.2. The highest BCUT2D eigenvalue weighted by atomic mass is 35.5. The van der Waals surface area contributed by atoms with Gasteiger partial charge in [0.15, 0.2) is 9.84 Å². The third-order valence-corrected chi connectivity index (χ3v) is 4.39. The molecule has 2 N–H and O–H groups in total. The first-order valence-corrected chi connectivity index (χ1v) is 7.95. The minimum atomic E-state index is -3.86. The number of carboxylic acid groups (broad SMARTS) is 1. The summed E-state index contributed by atoms with van der Waals surface area (Å²) in [6.45, 7) is 1.08. The van der Waals surface area contributed by atoms with Crippen molar-refractivity contribution in [1.29, 1.82) is 0 Å². The first-order valence-electron chi connectivity index (χ1n) is 5.75. The first kappa shape index (κ1) is 17.4. The van der Waals surface area contributed by atoms with Crippen LogP contribution in [0.2, 0.25) is 5.02 Å². The number of carboxylic acids is 1. The van der Waals surface area contributed by atoms with E-state index in [1.807, 2.05) is 5.32 Å². The molecule has 6 nitrogen and oxygen atoms in total. The molecule has 1 aromatic carbocycles. The molecule has 1 rings (SSSR count). The summed E-state index contributed by atoms with van der Waals surface area (Å²) >= 11 is 5.49. The van der Waals surface area contributed by atoms with Crippen LogP contribution in [0.5, 0.6) is 0 Å². The predicted octanol–water partition coefficient (Wildman–Crippen LogP) is 0.983. The summed E-state index contributed by atoms with van der Waals surface area (Å²) < 4.78 is 37.1. The fourth-order valence-corrected chi connectivity index (χ4v) is 3.27. The maximum Gasteiger partial charge on any atom is 0.327 e. The zero-order chi connectivity index (χ0) is 16.2. The lowest BCUT2D eigenvalue weighted by Crippen LogP contribution is -2.44. The number of hydrogen-bond donors (Lipinski definition) is 2. The molecular formula is C12H13ClFNO5S. The average Bonchev–Trinajstić information content (AvgIpc) is 2.31. The van der Waals surface area contributed by atoms with Gasteiger partial charge >= 0.3 is 5.97 Å². The minimum absolute atomic E-state index is 0.141. The number of halogens is 2. The second-order valence-electron chi connectivity index (χ2n) is 4.39. The van der Waals surface area contributed by atoms with Gasteiger partial charge in [0.05, 0.1) is 16.5 Å². The standard InChI is InChI=1S/C12H13ClFNO5S/c1-7(16)15-11(12(17)18)6-21(19,20)5-8-2-3-9(13)10(14)4-8/h2-4,11H,5-6H2,1H3,(H,15,16)(H,17,18). The Labute approximate surface area is 125 Å². The largest absolute Gasteiger partial charge is 0.480 e. The van der Waals surface area contributed by atoms with Crippen LogP contribution in [0.25, 0.3) is 0 Å². The monoisotopic (exact) mass is 337 g/mol. The number of nitrogens with one attached hydrogen (secondary N) is 1. The summed E-state index contributed by atoms with van der Waals surface area (Å²) in [7, 11) is -3.86. The highest BCUT2D eigenvalue weighted by molar-refractivity contribution is 7.90. The van der Waals surface area contributed by atoms with Gasteiger partial charge in [0.2, 0.25) is 5.91 Å². The van der Waals surface area contributed by atoms with Crippen LogP contribution >= 0.6 is 11.6 Å². The molecule has 0 spiro atoms. The van der Waals surface area contributed by atoms with Crippen molar-refractivity contribution in [2.45, 2.75) is 18.7 Å². The number of benzene rings is 1. The minimum Gasteiger partial charge on any atom is -0.480 e. The topological polar surface area (TPSA) is 101 Å². The van der Waals surface area contributed by atoms with Crippen LogP contribution in [0.15, 0.2) is 18.2 Å². The van der Waals surface area contributed by atoms with Crippen LogP contribution in [0.1, 0.15) is 12.5 Å². The zero-order valence-corrected chi connectivity index (χ0v) is 12.5. The Balaban J connectivity index is 2.87. The molecule has 0 heterocycles. The second-order valence-corrected chi connectivity index (χ2v) is 6.91. The SMILES string of the molecule is CC(=O)NC(CS(=O)(=O)Cc1ccc(Cl)c(F)c1)C(=O)O. The molecule has 0 aromatic heterocycles. The summed E-state index contributed by atoms with van der Waals surface area (Å²) in [5.41, 5.74) is 0.142. The molecule has 1 unspecified atom stereocenters. The number of hydrogen-bond acceptors (Lipinski definition) is 4. The maximum absolute atomic E-state index is 13.2. The van der Waals surface area contributed by atoms with E-state index >= 15 is 0 Å². The quantitative estimate of drug-likeness (QED) is 0.806. The fourth-order valence-electron chi connectivity index (χ4n) is 1.62. The molecule has 0 saturated carbocycles. The van der Waals surface area contributed by atoms with E-state index < -0.39 is 45.1 Å². The van der Waals surface area contributed by atoms with E-state index in [1.54, 1.807) is 0 Å². The first-order chi connectivity index (χ1) is 9.60. The molecule has 116 valence electrons. The number of carbonyl (C=O) groups excluding carboxylic acids is 1. The van der Waals surface area contributed by atoms with Crippen molar-refractivity contribution in [1.82, 2.24) is 5.32 Å². The Kier molecular flexibility index (Phi) is 5.68. The van der Waals surface area contributed by atoms with Crippen LogP contribution in [-0.2, 0) is 25.2 Å². The highest BCUT2D eigenvalue weighted by Crippen LogP contribution is 2.17. The van der Waals surface area contributed by atoms with Crippen molar-refractivity contribution in [3.63, 3.8) is 0 Å². The molecule has 0 radical (unpaired) electrons. The molecule has 0 fully saturated rings. The van der Waals surface area contributed by atoms with Gasteiger partial charge in [-0.1, -0.05) is 17.7 Å². The average molecular weight is 338 g/mol. The van der Waals surface area contributed by atoms with E-state index in [0.29, 0.717) is 0 Å². The number of carbonyl (C=O) groups is 2. The molecule has 1 amide bonds. The van der Waals surface area contributed by atoms with E-state index in [1.165, 1.54) is 12.1 Å². The van der Waals surface area contributed by atoms with Gasteiger partial charge in [0.25, 0.3) is 0 Å². The van der Waals surface area contributed by atoms with Gasteiger partial charge in [-0.05, 0) is 17.7 Å². The Hall–Kier alpha value is -1.67. The van der Waals surface area contributed by atoms with Crippen LogP contribution in [0.3, 0.4) is 0 Å². The van der Waals surface area contributed by atoms with Gasteiger partial charge in [0, 0.05) is 6.92 Å². The van der Waals surface area contributed by atoms with Gasteiger partial charge in [-0.2, -0.15) is 0 Å². The molecule has 0 aliphatic heterocycles. The van der Waals surface area contributed by atoms with Gasteiger partial charge in [-0.3, -0.25) is 4.79 Å². The van der Waals surface area contributed by atoms with Gasteiger partial charge < -0.3 is 10.4 Å². The summed E-state index contributed by atoms with van der Waals surface area (Å²) in [5.74, 6) is -4.22. The van der Waals surface area contributed by atoms with Crippen LogP contribution < -0.4 is 5.32 Å². The Morgan fingerprint density at radius 3 is 2.52 bits per heavy atom. The molecule has 21 heavy (non-hydrogen) atoms. The predicted molar refractivity (Wildman–Crippen MR) is 74.1 cm³/mol. The molecule has 0 aliphatic carbocycles. The summed E-state index contributed by atoms with van der Waals surface area (Å²) in [6.07, 6.45) is 0. The lowest BCUT2D eigenvalue weighted by Gasteiger charge is -2.13. The number of rotatable bonds is 6. The van der Waals surface area contributed by atoms with E-state index in [9.17, 15) is 22.4 Å². The van der Waals surface area contributed by atoms with Crippen molar-refractivity contribution in [2.75, 3.05) is 5.75 Å². The van der Waals surface area contributed by atoms with Gasteiger partial charge in [-0.25, -0.2) is 17.6 Å². The Morgan fingerprint density at radius 2 is 2.05 bits per heavy atom. The van der Waals surface area contributed by atoms with Crippen molar-refractivity contribution in [2.24, 2.45) is 0 Å². The molecule has 0 aliphatic rings. The van der Waals surface area contributed by atoms with E-state index in [0.717, 1.165) is 13.0 Å². The van der Waals surface area contributed by atoms with Gasteiger partial charge in [-0.15, -0.1) is 0 Å². The lowest BCUT2D eigenvalue weighted by molar-refractivity contribution is -0.140. The number of aliphatic carboxylic acids is 1. The molecular weight excluding hydrogens is 325 g/mol. The van der Waals surface area contributed by atoms with Crippen LogP contribution in [0, 0.1) is 5.82 Å². The summed E-state index contributed by atoms with van der Waals surface area (Å²) in [5, 5.41) is 10.8. The van der Waals surface area contributed by atoms with E-state index in [4.69, 9.17) is 16.7 Å². The third-order valence-electron chi connectivity index (χ3n) is 2.47. The van der Waals surface area contributed by atoms with E-state index in [-0.39, 0.29) is 10.6 Å². The van der Waals surface area contributed by atoms with Crippen molar-refractivity contribution < 1.29 is 27.5 Å². The summed E-state index contributed by atoms with van der Waals surface area (Å²) in [4.78, 5) is 21.8. The molecule has 0 bridgehead atoms. The second kappa shape index (κ2) is 6.86. The Morgan fingerprint density at radius 1 is 1.43 bits per heavy atom. The van der Waals surface area contributed by atoms with Gasteiger partial charge in [0.1, 0.15) is 11.9 Å². The normalized spacial score (nSPS) is 12.7. The molecule has 0 saturated heterocycles. The van der Waals surface area contributed by atoms with Crippen LogP contribution in [-0.4, -0.2) is 37.2 Å². The number of amides is 1. The summed E-state index contributed by atoms with van der Waals surface area (Å²) in [6, 6.07) is 1.96. The molecule has 1 aromatic rings. The van der Waals surface area contributed by atoms with Crippen LogP contribution in [0.4, 0.5) is 4.39 Å². The molecule has 9 heteroatoms. The Bertz CT molecular complexity index is 662. The van der Waals surface area contributed by atoms with Crippen molar-refractivity contribution >= 4 is 33.3 Å².